The Morgan fingerprint density at radius 1 is 1.17 bits per heavy atom. The number of hydrogen-bond acceptors (Lipinski definition) is 5. The van der Waals surface area contributed by atoms with Crippen molar-refractivity contribution in [3.8, 4) is 5.75 Å². The van der Waals surface area contributed by atoms with Crippen molar-refractivity contribution < 1.29 is 4.74 Å². The highest BCUT2D eigenvalue weighted by atomic mass is 35.5. The van der Waals surface area contributed by atoms with Gasteiger partial charge in [0.1, 0.15) is 5.75 Å². The summed E-state index contributed by atoms with van der Waals surface area (Å²) in [5.41, 5.74) is 3.70. The third kappa shape index (κ3) is 3.43. The zero-order valence-electron chi connectivity index (χ0n) is 9.67. The quantitative estimate of drug-likeness (QED) is 0.680. The highest BCUT2D eigenvalue weighted by Crippen LogP contribution is 2.10. The van der Waals surface area contributed by atoms with E-state index in [4.69, 9.17) is 16.3 Å². The third-order valence-corrected chi connectivity index (χ3v) is 2.34. The minimum Gasteiger partial charge on any atom is -0.497 e. The van der Waals surface area contributed by atoms with Gasteiger partial charge < -0.3 is 4.74 Å². The minimum absolute atomic E-state index is 0.347. The van der Waals surface area contributed by atoms with Crippen LogP contribution in [0.2, 0.25) is 5.15 Å². The SMILES string of the molecule is COc1ccc(C=NNc2ccc(Cl)nn2)cc1. The largest absolute Gasteiger partial charge is 0.497 e. The maximum atomic E-state index is 5.62. The van der Waals surface area contributed by atoms with Crippen molar-refractivity contribution in [2.24, 2.45) is 5.10 Å². The summed E-state index contributed by atoms with van der Waals surface area (Å²) >= 11 is 5.62. The van der Waals surface area contributed by atoms with Crippen LogP contribution in [0, 0.1) is 0 Å². The van der Waals surface area contributed by atoms with Crippen molar-refractivity contribution in [2.75, 3.05) is 12.5 Å². The number of rotatable bonds is 4. The van der Waals surface area contributed by atoms with E-state index < -0.39 is 0 Å². The number of nitrogens with zero attached hydrogens (tertiary/aromatic N) is 3. The Morgan fingerprint density at radius 3 is 2.56 bits per heavy atom. The highest BCUT2D eigenvalue weighted by Gasteiger charge is 1.93. The molecule has 1 aromatic heterocycles. The molecule has 0 spiro atoms. The maximum absolute atomic E-state index is 5.62. The van der Waals surface area contributed by atoms with Crippen molar-refractivity contribution in [3.05, 3.63) is 47.1 Å². The molecule has 1 N–H and O–H groups in total. The molecule has 0 unspecified atom stereocenters. The van der Waals surface area contributed by atoms with Gasteiger partial charge in [-0.2, -0.15) is 5.10 Å². The summed E-state index contributed by atoms with van der Waals surface area (Å²) < 4.78 is 5.06. The molecule has 2 aromatic rings. The summed E-state index contributed by atoms with van der Waals surface area (Å²) in [4.78, 5) is 0. The summed E-state index contributed by atoms with van der Waals surface area (Å²) in [7, 11) is 1.63. The van der Waals surface area contributed by atoms with E-state index in [1.54, 1.807) is 25.5 Å². The first-order valence-corrected chi connectivity index (χ1v) is 5.58. The lowest BCUT2D eigenvalue weighted by Gasteiger charge is -1.99. The summed E-state index contributed by atoms with van der Waals surface area (Å²) in [5.74, 6) is 1.34. The number of halogens is 1. The molecule has 0 aliphatic carbocycles. The molecule has 1 aromatic carbocycles. The molecular formula is C12H11ClN4O. The van der Waals surface area contributed by atoms with Crippen LogP contribution in [0.25, 0.3) is 0 Å². The molecule has 0 saturated heterocycles. The molecule has 2 rings (SSSR count). The number of methoxy groups -OCH3 is 1. The van der Waals surface area contributed by atoms with Gasteiger partial charge in [-0.05, 0) is 42.0 Å². The number of benzene rings is 1. The van der Waals surface area contributed by atoms with Crippen molar-refractivity contribution >= 4 is 23.6 Å². The smallest absolute Gasteiger partial charge is 0.168 e. The second-order valence-electron chi connectivity index (χ2n) is 3.38. The molecule has 18 heavy (non-hydrogen) atoms. The molecule has 0 aliphatic heterocycles. The Hall–Kier alpha value is -2.14. The number of aromatic nitrogens is 2. The van der Waals surface area contributed by atoms with Crippen molar-refractivity contribution in [1.82, 2.24) is 10.2 Å². The van der Waals surface area contributed by atoms with E-state index >= 15 is 0 Å². The Kier molecular flexibility index (Phi) is 4.09. The summed E-state index contributed by atoms with van der Waals surface area (Å²) in [6.45, 7) is 0. The van der Waals surface area contributed by atoms with Crippen molar-refractivity contribution in [2.45, 2.75) is 0 Å². The van der Waals surface area contributed by atoms with Crippen LogP contribution in [0.3, 0.4) is 0 Å². The molecule has 0 atom stereocenters. The van der Waals surface area contributed by atoms with E-state index in [1.165, 1.54) is 0 Å². The lowest BCUT2D eigenvalue weighted by atomic mass is 10.2. The number of nitrogens with one attached hydrogen (secondary N) is 1. The molecule has 1 heterocycles. The van der Waals surface area contributed by atoms with Gasteiger partial charge in [0.15, 0.2) is 11.0 Å². The van der Waals surface area contributed by atoms with Crippen LogP contribution in [0.5, 0.6) is 5.75 Å². The second-order valence-corrected chi connectivity index (χ2v) is 3.77. The summed E-state index contributed by atoms with van der Waals surface area (Å²) in [5, 5.41) is 11.9. The monoisotopic (exact) mass is 262 g/mol. The van der Waals surface area contributed by atoms with Crippen LogP contribution in [0.4, 0.5) is 5.82 Å². The lowest BCUT2D eigenvalue weighted by molar-refractivity contribution is 0.415. The second kappa shape index (κ2) is 5.97. The third-order valence-electron chi connectivity index (χ3n) is 2.14. The highest BCUT2D eigenvalue weighted by molar-refractivity contribution is 6.29. The summed E-state index contributed by atoms with van der Waals surface area (Å²) in [6.07, 6.45) is 1.68. The molecule has 0 radical (unpaired) electrons. The number of ether oxygens (including phenoxy) is 1. The van der Waals surface area contributed by atoms with E-state index in [-0.39, 0.29) is 0 Å². The normalized spacial score (nSPS) is 10.6. The summed E-state index contributed by atoms with van der Waals surface area (Å²) in [6, 6.07) is 10.9. The van der Waals surface area contributed by atoms with E-state index in [1.807, 2.05) is 24.3 Å². The van der Waals surface area contributed by atoms with Crippen LogP contribution < -0.4 is 10.2 Å². The minimum atomic E-state index is 0.347. The van der Waals surface area contributed by atoms with Gasteiger partial charge in [0.25, 0.3) is 0 Å². The van der Waals surface area contributed by atoms with Gasteiger partial charge in [-0.3, -0.25) is 5.43 Å². The molecule has 0 fully saturated rings. The van der Waals surface area contributed by atoms with Crippen molar-refractivity contribution in [1.29, 1.82) is 0 Å². The van der Waals surface area contributed by atoms with Gasteiger partial charge in [0.2, 0.25) is 0 Å². The zero-order valence-corrected chi connectivity index (χ0v) is 10.4. The molecule has 0 amide bonds. The number of anilines is 1. The van der Waals surface area contributed by atoms with Crippen LogP contribution in [0.15, 0.2) is 41.5 Å². The lowest BCUT2D eigenvalue weighted by Crippen LogP contribution is -1.95. The van der Waals surface area contributed by atoms with Gasteiger partial charge in [-0.25, -0.2) is 0 Å². The number of hydrogen-bond donors (Lipinski definition) is 1. The van der Waals surface area contributed by atoms with Gasteiger partial charge >= 0.3 is 0 Å². The topological polar surface area (TPSA) is 59.4 Å². The predicted molar refractivity (Wildman–Crippen MR) is 71.3 cm³/mol. The fraction of sp³-hybridized carbons (Fsp3) is 0.0833. The molecule has 5 nitrogen and oxygen atoms in total. The first kappa shape index (κ1) is 12.3. The Bertz CT molecular complexity index is 525. The van der Waals surface area contributed by atoms with Crippen LogP contribution in [0.1, 0.15) is 5.56 Å². The van der Waals surface area contributed by atoms with Crippen LogP contribution >= 0.6 is 11.6 Å². The predicted octanol–water partition coefficient (Wildman–Crippen LogP) is 2.58. The van der Waals surface area contributed by atoms with Crippen LogP contribution in [-0.2, 0) is 0 Å². The molecule has 0 aliphatic rings. The standard InChI is InChI=1S/C12H11ClN4O/c1-18-10-4-2-9(3-5-10)8-14-16-12-7-6-11(13)15-17-12/h2-8H,1H3,(H,16,17). The Morgan fingerprint density at radius 2 is 1.94 bits per heavy atom. The van der Waals surface area contributed by atoms with Gasteiger partial charge in [-0.15, -0.1) is 10.2 Å². The van der Waals surface area contributed by atoms with E-state index in [2.05, 4.69) is 20.7 Å². The fourth-order valence-electron chi connectivity index (χ4n) is 1.24. The molecule has 6 heteroatoms. The Balaban J connectivity index is 1.96. The molecule has 92 valence electrons. The van der Waals surface area contributed by atoms with Gasteiger partial charge in [0.05, 0.1) is 13.3 Å². The van der Waals surface area contributed by atoms with Gasteiger partial charge in [0, 0.05) is 0 Å². The molecule has 0 saturated carbocycles. The average molecular weight is 263 g/mol. The molecule has 0 bridgehead atoms. The van der Waals surface area contributed by atoms with Crippen LogP contribution in [-0.4, -0.2) is 23.5 Å². The maximum Gasteiger partial charge on any atom is 0.168 e. The van der Waals surface area contributed by atoms with Gasteiger partial charge in [-0.1, -0.05) is 11.6 Å². The van der Waals surface area contributed by atoms with E-state index in [0.717, 1.165) is 11.3 Å². The first-order valence-electron chi connectivity index (χ1n) is 5.20. The first-order chi connectivity index (χ1) is 8.78. The molecular weight excluding hydrogens is 252 g/mol. The zero-order chi connectivity index (χ0) is 12.8. The Labute approximate surface area is 109 Å². The van der Waals surface area contributed by atoms with Crippen molar-refractivity contribution in [3.63, 3.8) is 0 Å². The average Bonchev–Trinajstić information content (AvgIpc) is 2.42. The van der Waals surface area contributed by atoms with E-state index in [0.29, 0.717) is 11.0 Å². The number of hydrazone groups is 1. The van der Waals surface area contributed by atoms with E-state index in [9.17, 15) is 0 Å². The fourth-order valence-corrected chi connectivity index (χ4v) is 1.34.